The van der Waals surface area contributed by atoms with Gasteiger partial charge in [-0.25, -0.2) is 9.97 Å². The SMILES string of the molecule is CCc1cnc(-c2ccn(-c3ccc4c(c3)CCN4C3CNC3)c(=O)c2)nc1. The molecule has 5 rings (SSSR count). The van der Waals surface area contributed by atoms with Crippen molar-refractivity contribution in [2.75, 3.05) is 24.5 Å². The van der Waals surface area contributed by atoms with Crippen LogP contribution in [0.15, 0.2) is 53.7 Å². The Hall–Kier alpha value is -2.99. The molecule has 0 aliphatic carbocycles. The van der Waals surface area contributed by atoms with Crippen molar-refractivity contribution in [1.29, 1.82) is 0 Å². The summed E-state index contributed by atoms with van der Waals surface area (Å²) in [5.41, 5.74) is 5.30. The average molecular weight is 373 g/mol. The fourth-order valence-corrected chi connectivity index (χ4v) is 3.95. The maximum atomic E-state index is 12.8. The normalized spacial score (nSPS) is 16.1. The lowest BCUT2D eigenvalue weighted by atomic mass is 10.1. The Kier molecular flexibility index (Phi) is 4.20. The molecule has 0 amide bonds. The zero-order valence-electron chi connectivity index (χ0n) is 15.9. The monoisotopic (exact) mass is 373 g/mol. The highest BCUT2D eigenvalue weighted by molar-refractivity contribution is 5.63. The smallest absolute Gasteiger partial charge is 0.255 e. The van der Waals surface area contributed by atoms with Crippen molar-refractivity contribution in [1.82, 2.24) is 19.9 Å². The van der Waals surface area contributed by atoms with Crippen LogP contribution in [0.5, 0.6) is 0 Å². The number of nitrogens with zero attached hydrogens (tertiary/aromatic N) is 4. The fourth-order valence-electron chi connectivity index (χ4n) is 3.95. The van der Waals surface area contributed by atoms with Crippen LogP contribution in [0.4, 0.5) is 5.69 Å². The summed E-state index contributed by atoms with van der Waals surface area (Å²) in [4.78, 5) is 24.0. The Balaban J connectivity index is 1.44. The van der Waals surface area contributed by atoms with E-state index in [4.69, 9.17) is 0 Å². The standard InChI is InChI=1S/C22H23N5O/c1-2-15-11-24-22(25-12-15)17-6-8-27(21(28)10-17)18-3-4-20-16(9-18)5-7-26(20)19-13-23-14-19/h3-4,6,8-12,19,23H,2,5,7,13-14H2,1H3. The average Bonchev–Trinajstić information content (AvgIpc) is 3.09. The minimum atomic E-state index is -0.0707. The first kappa shape index (κ1) is 17.1. The maximum absolute atomic E-state index is 12.8. The summed E-state index contributed by atoms with van der Waals surface area (Å²) >= 11 is 0. The molecule has 0 radical (unpaired) electrons. The van der Waals surface area contributed by atoms with Crippen molar-refractivity contribution in [3.8, 4) is 17.1 Å². The van der Waals surface area contributed by atoms with Crippen molar-refractivity contribution in [2.45, 2.75) is 25.8 Å². The Morgan fingerprint density at radius 1 is 1.14 bits per heavy atom. The molecule has 2 aliphatic rings. The van der Waals surface area contributed by atoms with Crippen LogP contribution in [0.2, 0.25) is 0 Å². The van der Waals surface area contributed by atoms with Crippen molar-refractivity contribution in [2.24, 2.45) is 0 Å². The number of anilines is 1. The van der Waals surface area contributed by atoms with Gasteiger partial charge in [-0.3, -0.25) is 9.36 Å². The van der Waals surface area contributed by atoms with E-state index in [2.05, 4.69) is 39.2 Å². The third kappa shape index (κ3) is 2.90. The molecule has 6 nitrogen and oxygen atoms in total. The van der Waals surface area contributed by atoms with Gasteiger partial charge in [-0.15, -0.1) is 0 Å². The van der Waals surface area contributed by atoms with Gasteiger partial charge in [-0.05, 0) is 48.2 Å². The second kappa shape index (κ2) is 6.87. The molecule has 3 aromatic rings. The molecule has 0 bridgehead atoms. The molecule has 28 heavy (non-hydrogen) atoms. The van der Waals surface area contributed by atoms with Crippen LogP contribution in [-0.2, 0) is 12.8 Å². The van der Waals surface area contributed by atoms with Gasteiger partial charge < -0.3 is 10.2 Å². The molecule has 1 fully saturated rings. The molecule has 0 unspecified atom stereocenters. The molecule has 142 valence electrons. The summed E-state index contributed by atoms with van der Waals surface area (Å²) in [5.74, 6) is 0.583. The van der Waals surface area contributed by atoms with Gasteiger partial charge in [-0.2, -0.15) is 0 Å². The van der Waals surface area contributed by atoms with Gasteiger partial charge in [0, 0.05) is 61.2 Å². The molecule has 1 aromatic carbocycles. The van der Waals surface area contributed by atoms with E-state index in [1.807, 2.05) is 30.7 Å². The topological polar surface area (TPSA) is 63.1 Å². The fraction of sp³-hybridized carbons (Fsp3) is 0.318. The predicted molar refractivity (Wildman–Crippen MR) is 110 cm³/mol. The summed E-state index contributed by atoms with van der Waals surface area (Å²) in [6, 6.07) is 10.5. The quantitative estimate of drug-likeness (QED) is 0.760. The highest BCUT2D eigenvalue weighted by Gasteiger charge is 2.29. The van der Waals surface area contributed by atoms with Crippen molar-refractivity contribution < 1.29 is 0 Å². The van der Waals surface area contributed by atoms with E-state index in [0.717, 1.165) is 49.3 Å². The lowest BCUT2D eigenvalue weighted by molar-refractivity contribution is 0.420. The number of benzene rings is 1. The molecule has 0 spiro atoms. The van der Waals surface area contributed by atoms with E-state index < -0.39 is 0 Å². The van der Waals surface area contributed by atoms with Gasteiger partial charge in [0.25, 0.3) is 5.56 Å². The molecule has 0 saturated carbocycles. The lowest BCUT2D eigenvalue weighted by Crippen LogP contribution is -2.56. The first-order valence-electron chi connectivity index (χ1n) is 9.87. The van der Waals surface area contributed by atoms with E-state index in [1.165, 1.54) is 11.3 Å². The third-order valence-electron chi connectivity index (χ3n) is 5.76. The van der Waals surface area contributed by atoms with E-state index >= 15 is 0 Å². The highest BCUT2D eigenvalue weighted by atomic mass is 16.1. The van der Waals surface area contributed by atoms with Gasteiger partial charge in [0.15, 0.2) is 5.82 Å². The zero-order valence-corrected chi connectivity index (χ0v) is 15.9. The maximum Gasteiger partial charge on any atom is 0.255 e. The number of nitrogens with one attached hydrogen (secondary N) is 1. The molecule has 2 aromatic heterocycles. The molecule has 4 heterocycles. The molecule has 1 N–H and O–H groups in total. The number of fused-ring (bicyclic) bond motifs is 1. The van der Waals surface area contributed by atoms with E-state index in [-0.39, 0.29) is 5.56 Å². The Morgan fingerprint density at radius 2 is 1.96 bits per heavy atom. The van der Waals surface area contributed by atoms with Gasteiger partial charge in [0.1, 0.15) is 0 Å². The van der Waals surface area contributed by atoms with Crippen LogP contribution in [-0.4, -0.2) is 40.2 Å². The first-order chi connectivity index (χ1) is 13.7. The zero-order chi connectivity index (χ0) is 19.1. The number of pyridine rings is 1. The summed E-state index contributed by atoms with van der Waals surface area (Å²) < 4.78 is 1.69. The van der Waals surface area contributed by atoms with Crippen LogP contribution >= 0.6 is 0 Å². The molecular formula is C22H23N5O. The lowest BCUT2D eigenvalue weighted by Gasteiger charge is -2.37. The van der Waals surface area contributed by atoms with E-state index in [0.29, 0.717) is 11.9 Å². The second-order valence-electron chi connectivity index (χ2n) is 7.46. The summed E-state index contributed by atoms with van der Waals surface area (Å²) in [6.45, 7) is 5.25. The molecule has 2 aliphatic heterocycles. The third-order valence-corrected chi connectivity index (χ3v) is 5.76. The van der Waals surface area contributed by atoms with Crippen LogP contribution < -0.4 is 15.8 Å². The number of aromatic nitrogens is 3. The first-order valence-corrected chi connectivity index (χ1v) is 9.87. The van der Waals surface area contributed by atoms with Crippen LogP contribution in [0.25, 0.3) is 17.1 Å². The second-order valence-corrected chi connectivity index (χ2v) is 7.46. The minimum absolute atomic E-state index is 0.0707. The largest absolute Gasteiger partial charge is 0.365 e. The van der Waals surface area contributed by atoms with Crippen LogP contribution in [0, 0.1) is 0 Å². The van der Waals surface area contributed by atoms with Gasteiger partial charge in [0.2, 0.25) is 0 Å². The van der Waals surface area contributed by atoms with Crippen LogP contribution in [0.1, 0.15) is 18.1 Å². The molecule has 6 heteroatoms. The Morgan fingerprint density at radius 3 is 2.64 bits per heavy atom. The number of hydrogen-bond acceptors (Lipinski definition) is 5. The van der Waals surface area contributed by atoms with Crippen LogP contribution in [0.3, 0.4) is 0 Å². The molecule has 0 atom stereocenters. The summed E-state index contributed by atoms with van der Waals surface area (Å²) in [6.07, 6.45) is 7.38. The van der Waals surface area contributed by atoms with Gasteiger partial charge in [0.05, 0.1) is 6.04 Å². The molecular weight excluding hydrogens is 350 g/mol. The van der Waals surface area contributed by atoms with Crippen molar-refractivity contribution in [3.05, 3.63) is 70.4 Å². The van der Waals surface area contributed by atoms with Crippen molar-refractivity contribution in [3.63, 3.8) is 0 Å². The number of hydrogen-bond donors (Lipinski definition) is 1. The summed E-state index contributed by atoms with van der Waals surface area (Å²) in [5, 5.41) is 3.34. The van der Waals surface area contributed by atoms with Gasteiger partial charge in [-0.1, -0.05) is 6.92 Å². The minimum Gasteiger partial charge on any atom is -0.365 e. The number of aryl methyl sites for hydroxylation is 1. The number of rotatable bonds is 4. The summed E-state index contributed by atoms with van der Waals surface area (Å²) in [7, 11) is 0. The van der Waals surface area contributed by atoms with E-state index in [1.54, 1.807) is 10.6 Å². The highest BCUT2D eigenvalue weighted by Crippen LogP contribution is 2.32. The van der Waals surface area contributed by atoms with Gasteiger partial charge >= 0.3 is 0 Å². The van der Waals surface area contributed by atoms with Crippen molar-refractivity contribution >= 4 is 5.69 Å². The molecule has 1 saturated heterocycles. The Bertz CT molecular complexity index is 1070. The predicted octanol–water partition coefficient (Wildman–Crippen LogP) is 2.19. The Labute approximate surface area is 163 Å². The van der Waals surface area contributed by atoms with E-state index in [9.17, 15) is 4.79 Å².